The summed E-state index contributed by atoms with van der Waals surface area (Å²) >= 11 is 0. The highest BCUT2D eigenvalue weighted by Gasteiger charge is 2.36. The molecule has 6 rings (SSSR count). The zero-order valence-corrected chi connectivity index (χ0v) is 27.8. The van der Waals surface area contributed by atoms with Crippen LogP contribution in [0.4, 0.5) is 5.95 Å². The SMILES string of the molecule is CCn1nc(C)cc1C(=O)Nc1nccn1C/C=C/CC1c2c(cc(C(N)=O)cc2OCC2CC2)CN1NC(=O)c1cc(C)nn1CC. The molecule has 0 radical (unpaired) electrons. The molecule has 1 atom stereocenters. The second kappa shape index (κ2) is 13.9. The fourth-order valence-corrected chi connectivity index (χ4v) is 6.05. The summed E-state index contributed by atoms with van der Waals surface area (Å²) < 4.78 is 11.5. The Bertz CT molecular complexity index is 1860. The van der Waals surface area contributed by atoms with Gasteiger partial charge in [0, 0.05) is 49.7 Å². The zero-order chi connectivity index (χ0) is 33.9. The first-order valence-electron chi connectivity index (χ1n) is 16.4. The Balaban J connectivity index is 1.22. The molecule has 1 aliphatic heterocycles. The molecule has 48 heavy (non-hydrogen) atoms. The number of amides is 3. The van der Waals surface area contributed by atoms with Crippen molar-refractivity contribution < 1.29 is 19.1 Å². The number of imidazole rings is 1. The Morgan fingerprint density at radius 1 is 0.979 bits per heavy atom. The first-order valence-corrected chi connectivity index (χ1v) is 16.4. The van der Waals surface area contributed by atoms with Crippen molar-refractivity contribution in [2.75, 3.05) is 11.9 Å². The summed E-state index contributed by atoms with van der Waals surface area (Å²) in [5.41, 5.74) is 13.4. The van der Waals surface area contributed by atoms with E-state index in [1.165, 1.54) is 0 Å². The number of benzene rings is 1. The Labute approximate surface area is 278 Å². The van der Waals surface area contributed by atoms with Crippen LogP contribution in [0.15, 0.2) is 48.8 Å². The van der Waals surface area contributed by atoms with Crippen molar-refractivity contribution in [1.82, 2.24) is 39.5 Å². The topological polar surface area (TPSA) is 167 Å². The summed E-state index contributed by atoms with van der Waals surface area (Å²) in [4.78, 5) is 43.2. The van der Waals surface area contributed by atoms with Crippen LogP contribution in [0.3, 0.4) is 0 Å². The second-order valence-electron chi connectivity index (χ2n) is 12.3. The van der Waals surface area contributed by atoms with Gasteiger partial charge in [0.25, 0.3) is 11.8 Å². The highest BCUT2D eigenvalue weighted by Crippen LogP contribution is 2.43. The number of anilines is 1. The van der Waals surface area contributed by atoms with E-state index in [1.54, 1.807) is 46.0 Å². The van der Waals surface area contributed by atoms with Crippen molar-refractivity contribution >= 4 is 23.7 Å². The molecule has 252 valence electrons. The Morgan fingerprint density at radius 2 is 1.67 bits per heavy atom. The number of carbonyl (C=O) groups excluding carboxylic acids is 3. The van der Waals surface area contributed by atoms with E-state index >= 15 is 0 Å². The van der Waals surface area contributed by atoms with Crippen LogP contribution in [0, 0.1) is 19.8 Å². The van der Waals surface area contributed by atoms with E-state index in [0.29, 0.717) is 73.8 Å². The van der Waals surface area contributed by atoms with Crippen molar-refractivity contribution in [2.45, 2.75) is 79.2 Å². The van der Waals surface area contributed by atoms with Gasteiger partial charge in [0.15, 0.2) is 0 Å². The molecule has 1 aromatic carbocycles. The van der Waals surface area contributed by atoms with Crippen LogP contribution in [-0.2, 0) is 26.2 Å². The van der Waals surface area contributed by atoms with Crippen molar-refractivity contribution in [2.24, 2.45) is 11.7 Å². The minimum Gasteiger partial charge on any atom is -0.493 e. The van der Waals surface area contributed by atoms with Crippen LogP contribution in [-0.4, -0.2) is 58.4 Å². The monoisotopic (exact) mass is 654 g/mol. The third-order valence-corrected chi connectivity index (χ3v) is 8.62. The minimum atomic E-state index is -0.534. The van der Waals surface area contributed by atoms with Gasteiger partial charge in [-0.05, 0) is 82.7 Å². The lowest BCUT2D eigenvalue weighted by Gasteiger charge is -2.26. The number of nitrogens with zero attached hydrogens (tertiary/aromatic N) is 7. The summed E-state index contributed by atoms with van der Waals surface area (Å²) in [7, 11) is 0. The number of hydrogen-bond acceptors (Lipinski definition) is 8. The lowest BCUT2D eigenvalue weighted by atomic mass is 9.98. The second-order valence-corrected chi connectivity index (χ2v) is 12.3. The van der Waals surface area contributed by atoms with E-state index in [0.717, 1.165) is 35.4 Å². The van der Waals surface area contributed by atoms with Gasteiger partial charge in [0.2, 0.25) is 11.9 Å². The molecule has 0 spiro atoms. The maximum absolute atomic E-state index is 13.5. The molecule has 1 fully saturated rings. The molecular formula is C34H42N10O4. The van der Waals surface area contributed by atoms with E-state index in [1.807, 2.05) is 49.4 Å². The Hall–Kier alpha value is -5.24. The van der Waals surface area contributed by atoms with Crippen LogP contribution in [0.2, 0.25) is 0 Å². The molecule has 4 heterocycles. The zero-order valence-electron chi connectivity index (χ0n) is 27.8. The van der Waals surface area contributed by atoms with Gasteiger partial charge >= 0.3 is 0 Å². The number of hydrogen-bond donors (Lipinski definition) is 3. The minimum absolute atomic E-state index is 0.270. The molecule has 14 nitrogen and oxygen atoms in total. The normalized spacial score (nSPS) is 16.0. The average Bonchev–Trinajstić information content (AvgIpc) is 3.32. The van der Waals surface area contributed by atoms with Crippen LogP contribution >= 0.6 is 0 Å². The number of primary amides is 1. The third kappa shape index (κ3) is 7.03. The predicted molar refractivity (Wildman–Crippen MR) is 178 cm³/mol. The van der Waals surface area contributed by atoms with Crippen molar-refractivity contribution in [1.29, 1.82) is 0 Å². The smallest absolute Gasteiger partial charge is 0.283 e. The lowest BCUT2D eigenvalue weighted by Crippen LogP contribution is -2.41. The number of fused-ring (bicyclic) bond motifs is 1. The van der Waals surface area contributed by atoms with E-state index in [-0.39, 0.29) is 17.9 Å². The van der Waals surface area contributed by atoms with Crippen LogP contribution in [0.25, 0.3) is 0 Å². The molecule has 4 aromatic rings. The average molecular weight is 655 g/mol. The van der Waals surface area contributed by atoms with Gasteiger partial charge in [0.1, 0.15) is 17.1 Å². The number of carbonyl (C=O) groups is 3. The van der Waals surface area contributed by atoms with Crippen LogP contribution in [0.1, 0.15) is 93.0 Å². The number of aryl methyl sites for hydroxylation is 4. The fraction of sp³-hybridized carbons (Fsp3) is 0.412. The number of hydrazine groups is 1. The van der Waals surface area contributed by atoms with Crippen molar-refractivity contribution in [3.05, 3.63) is 88.3 Å². The summed E-state index contributed by atoms with van der Waals surface area (Å²) in [5.74, 6) is 0.447. The quantitative estimate of drug-likeness (QED) is 0.172. The first kappa shape index (κ1) is 32.7. The molecule has 4 N–H and O–H groups in total. The van der Waals surface area contributed by atoms with E-state index < -0.39 is 5.91 Å². The van der Waals surface area contributed by atoms with Gasteiger partial charge in [-0.1, -0.05) is 12.2 Å². The molecule has 0 saturated heterocycles. The molecule has 1 unspecified atom stereocenters. The lowest BCUT2D eigenvalue weighted by molar-refractivity contribution is 0.0693. The molecule has 2 aliphatic rings. The van der Waals surface area contributed by atoms with E-state index in [4.69, 9.17) is 10.5 Å². The Kier molecular flexibility index (Phi) is 9.44. The van der Waals surface area contributed by atoms with Crippen LogP contribution in [0.5, 0.6) is 5.75 Å². The molecule has 14 heteroatoms. The summed E-state index contributed by atoms with van der Waals surface area (Å²) in [6, 6.07) is 6.74. The number of ether oxygens (including phenoxy) is 1. The molecule has 0 bridgehead atoms. The van der Waals surface area contributed by atoms with Crippen LogP contribution < -0.4 is 21.2 Å². The highest BCUT2D eigenvalue weighted by atomic mass is 16.5. The van der Waals surface area contributed by atoms with E-state index in [2.05, 4.69) is 25.9 Å². The van der Waals surface area contributed by atoms with Gasteiger partial charge in [-0.25, -0.2) is 9.99 Å². The largest absolute Gasteiger partial charge is 0.493 e. The van der Waals surface area contributed by atoms with Gasteiger partial charge in [-0.3, -0.25) is 34.5 Å². The third-order valence-electron chi connectivity index (χ3n) is 8.62. The standard InChI is InChI=1S/C34H42N10O4/c1-5-42-27(15-21(3)38-42)32(46)37-34-36-12-14-41(34)13-8-7-9-26-30-25(17-24(31(35)45)18-29(30)48-20-23-10-11-23)19-44(26)40-33(47)28-16-22(4)39-43(28)6-2/h7-8,12,14-18,23,26H,5-6,9-11,13,19-20H2,1-4H3,(H2,35,45)(H,40,47)(H,36,37,46)/b8-7+. The number of rotatable bonds is 14. The highest BCUT2D eigenvalue weighted by molar-refractivity contribution is 6.02. The molecular weight excluding hydrogens is 612 g/mol. The maximum Gasteiger partial charge on any atom is 0.283 e. The molecule has 3 aromatic heterocycles. The van der Waals surface area contributed by atoms with Gasteiger partial charge in [-0.2, -0.15) is 10.2 Å². The molecule has 1 saturated carbocycles. The number of aromatic nitrogens is 6. The fourth-order valence-electron chi connectivity index (χ4n) is 6.05. The molecule has 1 aliphatic carbocycles. The van der Waals surface area contributed by atoms with E-state index in [9.17, 15) is 14.4 Å². The first-order chi connectivity index (χ1) is 23.1. The predicted octanol–water partition coefficient (Wildman–Crippen LogP) is 3.92. The number of allylic oxidation sites excluding steroid dienone is 1. The van der Waals surface area contributed by atoms with Gasteiger partial charge in [-0.15, -0.1) is 0 Å². The summed E-state index contributed by atoms with van der Waals surface area (Å²) in [5, 5.41) is 13.6. The van der Waals surface area contributed by atoms with Gasteiger partial charge < -0.3 is 15.0 Å². The van der Waals surface area contributed by atoms with Gasteiger partial charge in [0.05, 0.1) is 24.0 Å². The van der Waals surface area contributed by atoms with Crippen molar-refractivity contribution in [3.8, 4) is 5.75 Å². The number of nitrogens with two attached hydrogens (primary N) is 1. The summed E-state index contributed by atoms with van der Waals surface area (Å²) in [6.07, 6.45) is 10.2. The summed E-state index contributed by atoms with van der Waals surface area (Å²) in [6.45, 7) is 10.1. The maximum atomic E-state index is 13.5. The molecule has 3 amide bonds. The van der Waals surface area contributed by atoms with Crippen molar-refractivity contribution in [3.63, 3.8) is 0 Å². The Morgan fingerprint density at radius 3 is 2.31 bits per heavy atom. The number of nitrogens with one attached hydrogen (secondary N) is 2.